The molecule has 1 aromatic heterocycles. The molecule has 2 aromatic rings. The molecule has 0 spiro atoms. The predicted octanol–water partition coefficient (Wildman–Crippen LogP) is 6.64. The molecule has 2 aliphatic rings. The summed E-state index contributed by atoms with van der Waals surface area (Å²) in [6, 6.07) is 13.4. The largest absolute Gasteiger partial charge is 0.481 e. The van der Waals surface area contributed by atoms with E-state index in [0.717, 1.165) is 35.9 Å². The Bertz CT molecular complexity index is 848. The zero-order chi connectivity index (χ0) is 21.5. The highest BCUT2D eigenvalue weighted by Crippen LogP contribution is 2.37. The Hall–Kier alpha value is -2.13. The Morgan fingerprint density at radius 1 is 1.00 bits per heavy atom. The zero-order valence-electron chi connectivity index (χ0n) is 19.3. The molecule has 1 saturated heterocycles. The van der Waals surface area contributed by atoms with Crippen LogP contribution in [0.2, 0.25) is 0 Å². The average molecular weight is 420 g/mol. The first kappa shape index (κ1) is 22.1. The van der Waals surface area contributed by atoms with E-state index in [2.05, 4.69) is 48.1 Å². The van der Waals surface area contributed by atoms with E-state index in [0.29, 0.717) is 5.92 Å². The molecule has 1 saturated carbocycles. The lowest BCUT2D eigenvalue weighted by atomic mass is 9.81. The maximum Gasteiger partial charge on any atom is 0.222 e. The van der Waals surface area contributed by atoms with E-state index < -0.39 is 0 Å². The van der Waals surface area contributed by atoms with Crippen LogP contribution in [0.5, 0.6) is 5.88 Å². The van der Waals surface area contributed by atoms with Crippen molar-refractivity contribution in [2.24, 2.45) is 5.92 Å². The number of pyridine rings is 1. The minimum atomic E-state index is 0.671. The molecule has 1 aromatic carbocycles. The van der Waals surface area contributed by atoms with E-state index >= 15 is 0 Å². The molecule has 0 N–H and O–H groups in total. The molecule has 166 valence electrons. The molecule has 0 radical (unpaired) electrons. The van der Waals surface area contributed by atoms with Gasteiger partial charge >= 0.3 is 0 Å². The molecule has 0 bridgehead atoms. The van der Waals surface area contributed by atoms with E-state index in [1.807, 2.05) is 6.07 Å². The summed E-state index contributed by atoms with van der Waals surface area (Å²) in [6.45, 7) is 7.39. The van der Waals surface area contributed by atoms with Crippen LogP contribution in [-0.2, 0) is 13.0 Å². The Kier molecular flexibility index (Phi) is 7.45. The van der Waals surface area contributed by atoms with Crippen molar-refractivity contribution in [2.75, 3.05) is 20.2 Å². The Morgan fingerprint density at radius 2 is 1.74 bits per heavy atom. The number of rotatable bonds is 8. The smallest absolute Gasteiger partial charge is 0.222 e. The molecule has 0 amide bonds. The summed E-state index contributed by atoms with van der Waals surface area (Å²) >= 11 is 0. The first-order valence-electron chi connectivity index (χ1n) is 12.3. The van der Waals surface area contributed by atoms with E-state index in [4.69, 9.17) is 4.74 Å². The fraction of sp³-hybridized carbons (Fsp3) is 0.536. The van der Waals surface area contributed by atoms with Crippen LogP contribution in [0.25, 0.3) is 0 Å². The van der Waals surface area contributed by atoms with Crippen molar-refractivity contribution in [3.63, 3.8) is 0 Å². The van der Waals surface area contributed by atoms with Crippen LogP contribution in [0.4, 0.5) is 0 Å². The lowest BCUT2D eigenvalue weighted by Gasteiger charge is -2.41. The van der Waals surface area contributed by atoms with Gasteiger partial charge in [0.25, 0.3) is 0 Å². The third-order valence-corrected chi connectivity index (χ3v) is 7.80. The molecule has 1 aliphatic carbocycles. The van der Waals surface area contributed by atoms with Gasteiger partial charge in [-0.2, -0.15) is 0 Å². The third-order valence-electron chi connectivity index (χ3n) is 7.80. The highest BCUT2D eigenvalue weighted by atomic mass is 16.5. The lowest BCUT2D eigenvalue weighted by molar-refractivity contribution is -0.897. The summed E-state index contributed by atoms with van der Waals surface area (Å²) in [4.78, 5) is 4.39. The summed E-state index contributed by atoms with van der Waals surface area (Å²) < 4.78 is 6.42. The molecule has 31 heavy (non-hydrogen) atoms. The van der Waals surface area contributed by atoms with Crippen molar-refractivity contribution in [3.05, 3.63) is 72.1 Å². The molecule has 4 rings (SSSR count). The van der Waals surface area contributed by atoms with Gasteiger partial charge in [0, 0.05) is 19.0 Å². The van der Waals surface area contributed by atoms with Crippen LogP contribution in [0, 0.1) is 5.92 Å². The Balaban J connectivity index is 1.41. The summed E-state index contributed by atoms with van der Waals surface area (Å²) in [5.41, 5.74) is 4.39. The molecule has 3 heteroatoms. The Morgan fingerprint density at radius 3 is 2.48 bits per heavy atom. The normalized spacial score (nSPS) is 24.6. The van der Waals surface area contributed by atoms with Gasteiger partial charge in [-0.25, -0.2) is 4.98 Å². The van der Waals surface area contributed by atoms with Crippen molar-refractivity contribution in [3.8, 4) is 5.88 Å². The standard InChI is InChI=1S/C28H39N2O/c1-3-30(22-26-13-9-19-29-28(26)31-2)20-17-25(18-21-30)27-14-8-7-12-24(27)16-15-23-10-5-4-6-11-23/h3,7-9,12-14,19,23,25H,1,4-6,10-11,15-18,20-22H2,2H3/q+1. The molecule has 1 aliphatic heterocycles. The van der Waals surface area contributed by atoms with Crippen molar-refractivity contribution in [1.29, 1.82) is 0 Å². The Labute approximate surface area is 188 Å². The van der Waals surface area contributed by atoms with Gasteiger partial charge in [-0.3, -0.25) is 4.48 Å². The van der Waals surface area contributed by atoms with Crippen LogP contribution in [0.1, 0.15) is 74.0 Å². The number of benzene rings is 1. The van der Waals surface area contributed by atoms with Gasteiger partial charge in [-0.05, 0) is 54.5 Å². The number of aromatic nitrogens is 1. The van der Waals surface area contributed by atoms with Crippen molar-refractivity contribution < 1.29 is 9.22 Å². The van der Waals surface area contributed by atoms with Crippen molar-refractivity contribution in [1.82, 2.24) is 4.98 Å². The van der Waals surface area contributed by atoms with Gasteiger partial charge in [0.05, 0.1) is 32.0 Å². The molecule has 3 nitrogen and oxygen atoms in total. The van der Waals surface area contributed by atoms with Gasteiger partial charge in [0.1, 0.15) is 6.54 Å². The summed E-state index contributed by atoms with van der Waals surface area (Å²) in [5.74, 6) is 2.37. The minimum Gasteiger partial charge on any atom is -0.481 e. The highest BCUT2D eigenvalue weighted by Gasteiger charge is 2.34. The summed E-state index contributed by atoms with van der Waals surface area (Å²) in [6.07, 6.45) is 16.2. The van der Waals surface area contributed by atoms with E-state index in [1.54, 1.807) is 24.4 Å². The molecule has 0 atom stereocenters. The fourth-order valence-corrected chi connectivity index (χ4v) is 5.86. The predicted molar refractivity (Wildman–Crippen MR) is 128 cm³/mol. The number of ether oxygens (including phenoxy) is 1. The monoisotopic (exact) mass is 419 g/mol. The van der Waals surface area contributed by atoms with E-state index in [-0.39, 0.29) is 0 Å². The minimum absolute atomic E-state index is 0.671. The zero-order valence-corrected chi connectivity index (χ0v) is 19.3. The summed E-state index contributed by atoms with van der Waals surface area (Å²) in [5, 5.41) is 0. The van der Waals surface area contributed by atoms with Crippen molar-refractivity contribution in [2.45, 2.75) is 70.3 Å². The number of nitrogens with zero attached hydrogens (tertiary/aromatic N) is 2. The second-order valence-electron chi connectivity index (χ2n) is 9.69. The summed E-state index contributed by atoms with van der Waals surface area (Å²) in [7, 11) is 1.71. The van der Waals surface area contributed by atoms with Crippen LogP contribution in [-0.4, -0.2) is 29.7 Å². The van der Waals surface area contributed by atoms with Crippen LogP contribution >= 0.6 is 0 Å². The van der Waals surface area contributed by atoms with Gasteiger partial charge in [0.15, 0.2) is 0 Å². The lowest BCUT2D eigenvalue weighted by Crippen LogP contribution is -2.47. The van der Waals surface area contributed by atoms with Crippen LogP contribution in [0.3, 0.4) is 0 Å². The number of quaternary nitrogens is 1. The molecular weight excluding hydrogens is 380 g/mol. The fourth-order valence-electron chi connectivity index (χ4n) is 5.86. The van der Waals surface area contributed by atoms with Gasteiger partial charge in [-0.15, -0.1) is 0 Å². The van der Waals surface area contributed by atoms with Crippen molar-refractivity contribution >= 4 is 0 Å². The SMILES string of the molecule is C=C[N+]1(Cc2cccnc2OC)CCC(c2ccccc2CCC2CCCCC2)CC1. The number of hydrogen-bond acceptors (Lipinski definition) is 2. The van der Waals surface area contributed by atoms with Gasteiger partial charge < -0.3 is 4.74 Å². The second kappa shape index (κ2) is 10.5. The first-order valence-corrected chi connectivity index (χ1v) is 12.3. The second-order valence-corrected chi connectivity index (χ2v) is 9.69. The highest BCUT2D eigenvalue weighted by molar-refractivity contribution is 5.31. The van der Waals surface area contributed by atoms with E-state index in [1.165, 1.54) is 63.4 Å². The molecule has 2 heterocycles. The van der Waals surface area contributed by atoms with Gasteiger partial charge in [-0.1, -0.05) is 56.4 Å². The maximum atomic E-state index is 5.50. The molecular formula is C28H39N2O+. The van der Waals surface area contributed by atoms with Crippen LogP contribution < -0.4 is 4.74 Å². The maximum absolute atomic E-state index is 5.50. The van der Waals surface area contributed by atoms with Gasteiger partial charge in [0.2, 0.25) is 5.88 Å². The number of likely N-dealkylation sites (tertiary alicyclic amines) is 1. The average Bonchev–Trinajstić information content (AvgIpc) is 2.84. The number of methoxy groups -OCH3 is 1. The quantitative estimate of drug-likeness (QED) is 0.447. The van der Waals surface area contributed by atoms with Crippen LogP contribution in [0.15, 0.2) is 55.4 Å². The third kappa shape index (κ3) is 5.38. The number of hydrogen-bond donors (Lipinski definition) is 0. The van der Waals surface area contributed by atoms with E-state index in [9.17, 15) is 0 Å². The topological polar surface area (TPSA) is 22.1 Å². The number of piperidine rings is 1. The molecule has 2 fully saturated rings. The first-order chi connectivity index (χ1) is 15.2. The number of aryl methyl sites for hydroxylation is 1. The molecule has 0 unspecified atom stereocenters.